The third-order valence-corrected chi connectivity index (χ3v) is 7.69. The molecule has 2 aromatic rings. The van der Waals surface area contributed by atoms with Gasteiger partial charge in [-0.2, -0.15) is 0 Å². The number of anilines is 1. The van der Waals surface area contributed by atoms with Crippen molar-refractivity contribution in [2.24, 2.45) is 11.8 Å². The van der Waals surface area contributed by atoms with Crippen LogP contribution in [0.3, 0.4) is 0 Å². The summed E-state index contributed by atoms with van der Waals surface area (Å²) in [4.78, 5) is 14.2. The first-order chi connectivity index (χ1) is 13.8. The molecule has 2 bridgehead atoms. The molecular weight excluding hydrogens is 352 g/mol. The number of benzene rings is 1. The van der Waals surface area contributed by atoms with Crippen molar-refractivity contribution < 1.29 is 9.84 Å². The molecule has 0 unspecified atom stereocenters. The summed E-state index contributed by atoms with van der Waals surface area (Å²) in [7, 11) is 0. The zero-order valence-electron chi connectivity index (χ0n) is 16.2. The van der Waals surface area contributed by atoms with Gasteiger partial charge in [0.2, 0.25) is 0 Å². The Balaban J connectivity index is 1.36. The van der Waals surface area contributed by atoms with Crippen LogP contribution in [0.1, 0.15) is 25.7 Å². The van der Waals surface area contributed by atoms with E-state index in [1.165, 1.54) is 25.7 Å². The van der Waals surface area contributed by atoms with Crippen LogP contribution >= 0.6 is 0 Å². The molecule has 1 aromatic carbocycles. The fraction of sp³-hybridized carbons (Fsp3) is 0.636. The van der Waals surface area contributed by atoms with Crippen molar-refractivity contribution in [2.45, 2.75) is 43.4 Å². The van der Waals surface area contributed by atoms with Crippen molar-refractivity contribution in [1.82, 2.24) is 14.9 Å². The molecule has 1 aromatic heterocycles. The SMILES string of the molecule is OC[C@H]1[C@H]2CN(C3CCCC3)C[C@]23CN(c2ncnc4ccccc24)C[C@H]1O3. The minimum Gasteiger partial charge on any atom is -0.396 e. The molecule has 1 spiro atoms. The van der Waals surface area contributed by atoms with Crippen LogP contribution in [0, 0.1) is 11.8 Å². The second-order valence-corrected chi connectivity index (χ2v) is 9.14. The summed E-state index contributed by atoms with van der Waals surface area (Å²) in [5.41, 5.74) is 0.809. The lowest BCUT2D eigenvalue weighted by molar-refractivity contribution is -0.0665. The highest BCUT2D eigenvalue weighted by atomic mass is 16.5. The summed E-state index contributed by atoms with van der Waals surface area (Å²) in [6, 6.07) is 8.94. The van der Waals surface area contributed by atoms with Crippen LogP contribution in [-0.2, 0) is 4.74 Å². The van der Waals surface area contributed by atoms with E-state index in [0.29, 0.717) is 12.0 Å². The average Bonchev–Trinajstić information content (AvgIpc) is 3.41. The van der Waals surface area contributed by atoms with Crippen molar-refractivity contribution in [2.75, 3.05) is 37.7 Å². The Morgan fingerprint density at radius 3 is 2.82 bits per heavy atom. The molecule has 3 aliphatic heterocycles. The summed E-state index contributed by atoms with van der Waals surface area (Å²) in [6.07, 6.45) is 7.10. The predicted molar refractivity (Wildman–Crippen MR) is 107 cm³/mol. The summed E-state index contributed by atoms with van der Waals surface area (Å²) in [5, 5.41) is 11.3. The van der Waals surface area contributed by atoms with Gasteiger partial charge in [-0.1, -0.05) is 25.0 Å². The number of ether oxygens (including phenoxy) is 1. The number of hydrogen-bond acceptors (Lipinski definition) is 6. The van der Waals surface area contributed by atoms with E-state index < -0.39 is 0 Å². The maximum absolute atomic E-state index is 10.2. The van der Waals surface area contributed by atoms with E-state index in [-0.39, 0.29) is 24.2 Å². The van der Waals surface area contributed by atoms with Crippen LogP contribution in [0.25, 0.3) is 10.9 Å². The standard InChI is InChI=1S/C22H28N4O2/c27-11-17-18-9-25(15-5-1-2-6-15)12-22(18)13-26(10-20(17)28-22)21-16-7-3-4-8-19(16)23-14-24-21/h3-4,7-8,14-15,17-18,20,27H,1-2,5-6,9-13H2/t17-,18+,20+,22-/m0/s1. The van der Waals surface area contributed by atoms with Gasteiger partial charge in [0.1, 0.15) is 17.7 Å². The van der Waals surface area contributed by atoms with E-state index in [1.807, 2.05) is 12.1 Å². The van der Waals surface area contributed by atoms with E-state index >= 15 is 0 Å². The third kappa shape index (κ3) is 2.44. The van der Waals surface area contributed by atoms with E-state index in [0.717, 1.165) is 42.9 Å². The Morgan fingerprint density at radius 1 is 1.11 bits per heavy atom. The van der Waals surface area contributed by atoms with Gasteiger partial charge in [-0.3, -0.25) is 4.90 Å². The minimum absolute atomic E-state index is 0.0863. The van der Waals surface area contributed by atoms with E-state index in [9.17, 15) is 5.11 Å². The molecule has 1 N–H and O–H groups in total. The third-order valence-electron chi connectivity index (χ3n) is 7.69. The van der Waals surface area contributed by atoms with Crippen LogP contribution in [0.15, 0.2) is 30.6 Å². The Bertz CT molecular complexity index is 880. The van der Waals surface area contributed by atoms with Gasteiger partial charge in [-0.15, -0.1) is 0 Å². The van der Waals surface area contributed by atoms with Gasteiger partial charge in [-0.05, 0) is 25.0 Å². The molecule has 0 radical (unpaired) electrons. The molecule has 28 heavy (non-hydrogen) atoms. The van der Waals surface area contributed by atoms with Crippen LogP contribution in [0.5, 0.6) is 0 Å². The highest BCUT2D eigenvalue weighted by molar-refractivity contribution is 5.89. The molecule has 6 rings (SSSR count). The van der Waals surface area contributed by atoms with Crippen molar-refractivity contribution in [1.29, 1.82) is 0 Å². The van der Waals surface area contributed by atoms with Crippen molar-refractivity contribution >= 4 is 16.7 Å². The van der Waals surface area contributed by atoms with Crippen LogP contribution in [0.2, 0.25) is 0 Å². The molecule has 0 amide bonds. The maximum atomic E-state index is 10.2. The molecule has 1 saturated carbocycles. The monoisotopic (exact) mass is 380 g/mol. The Labute approximate surface area is 165 Å². The maximum Gasteiger partial charge on any atom is 0.140 e. The number of morpholine rings is 1. The molecule has 4 fully saturated rings. The summed E-state index contributed by atoms with van der Waals surface area (Å²) < 4.78 is 6.68. The quantitative estimate of drug-likeness (QED) is 0.880. The van der Waals surface area contributed by atoms with Gasteiger partial charge >= 0.3 is 0 Å². The number of aliphatic hydroxyl groups is 1. The predicted octanol–water partition coefficient (Wildman–Crippen LogP) is 2.07. The van der Waals surface area contributed by atoms with E-state index in [4.69, 9.17) is 4.74 Å². The van der Waals surface area contributed by atoms with Crippen LogP contribution in [-0.4, -0.2) is 70.5 Å². The average molecular weight is 380 g/mol. The minimum atomic E-state index is -0.176. The smallest absolute Gasteiger partial charge is 0.140 e. The Morgan fingerprint density at radius 2 is 1.96 bits per heavy atom. The lowest BCUT2D eigenvalue weighted by atomic mass is 9.83. The summed E-state index contributed by atoms with van der Waals surface area (Å²) >= 11 is 0. The Hall–Kier alpha value is -1.76. The van der Waals surface area contributed by atoms with Gasteiger partial charge in [-0.25, -0.2) is 9.97 Å². The molecule has 6 nitrogen and oxygen atoms in total. The van der Waals surface area contributed by atoms with Crippen LogP contribution < -0.4 is 4.90 Å². The van der Waals surface area contributed by atoms with E-state index in [1.54, 1.807) is 6.33 Å². The lowest BCUT2D eigenvalue weighted by Crippen LogP contribution is -2.55. The van der Waals surface area contributed by atoms with Gasteiger partial charge in [0.05, 0.1) is 18.2 Å². The number of rotatable bonds is 3. The van der Waals surface area contributed by atoms with E-state index in [2.05, 4.69) is 31.9 Å². The highest BCUT2D eigenvalue weighted by Crippen LogP contribution is 2.51. The van der Waals surface area contributed by atoms with Crippen molar-refractivity contribution in [3.05, 3.63) is 30.6 Å². The van der Waals surface area contributed by atoms with Gasteiger partial charge < -0.3 is 14.7 Å². The van der Waals surface area contributed by atoms with Gasteiger partial charge in [0.25, 0.3) is 0 Å². The molecule has 4 atom stereocenters. The fourth-order valence-electron chi connectivity index (χ4n) is 6.42. The lowest BCUT2D eigenvalue weighted by Gasteiger charge is -2.41. The zero-order valence-corrected chi connectivity index (χ0v) is 16.2. The fourth-order valence-corrected chi connectivity index (χ4v) is 6.42. The largest absolute Gasteiger partial charge is 0.396 e. The molecule has 3 saturated heterocycles. The zero-order chi connectivity index (χ0) is 18.7. The molecule has 1 aliphatic carbocycles. The number of aromatic nitrogens is 2. The van der Waals surface area contributed by atoms with Crippen LogP contribution in [0.4, 0.5) is 5.82 Å². The molecular formula is C22H28N4O2. The van der Waals surface area contributed by atoms with Crippen molar-refractivity contribution in [3.63, 3.8) is 0 Å². The Kier molecular flexibility index (Phi) is 3.90. The van der Waals surface area contributed by atoms with Gasteiger partial charge in [0, 0.05) is 49.5 Å². The topological polar surface area (TPSA) is 61.7 Å². The normalized spacial score (nSPS) is 35.8. The van der Waals surface area contributed by atoms with Crippen molar-refractivity contribution in [3.8, 4) is 0 Å². The number of fused-ring (bicyclic) bond motifs is 2. The molecule has 6 heteroatoms. The highest BCUT2D eigenvalue weighted by Gasteiger charge is 2.63. The van der Waals surface area contributed by atoms with Gasteiger partial charge in [0.15, 0.2) is 0 Å². The molecule has 4 heterocycles. The first kappa shape index (κ1) is 17.1. The number of hydrogen-bond donors (Lipinski definition) is 1. The molecule has 148 valence electrons. The first-order valence-corrected chi connectivity index (χ1v) is 10.7. The summed E-state index contributed by atoms with van der Waals surface area (Å²) in [5.74, 6) is 1.65. The number of para-hydroxylation sites is 1. The number of likely N-dealkylation sites (tertiary alicyclic amines) is 1. The number of aliphatic hydroxyl groups excluding tert-OH is 1. The second-order valence-electron chi connectivity index (χ2n) is 9.14. The molecule has 4 aliphatic rings. The first-order valence-electron chi connectivity index (χ1n) is 10.7. The summed E-state index contributed by atoms with van der Waals surface area (Å²) in [6.45, 7) is 3.94. The number of nitrogens with zero attached hydrogens (tertiary/aromatic N) is 4. The second kappa shape index (κ2) is 6.37.